The maximum absolute atomic E-state index is 13.2. The van der Waals surface area contributed by atoms with E-state index in [0.717, 1.165) is 40.9 Å². The monoisotopic (exact) mass is 432 g/mol. The lowest BCUT2D eigenvalue weighted by atomic mass is 10.1. The number of hydrogen-bond acceptors (Lipinski definition) is 3. The van der Waals surface area contributed by atoms with Crippen LogP contribution in [0.4, 0.5) is 26.3 Å². The van der Waals surface area contributed by atoms with Gasteiger partial charge in [0.2, 0.25) is 0 Å². The Morgan fingerprint density at radius 1 is 1.00 bits per heavy atom. The van der Waals surface area contributed by atoms with E-state index in [1.165, 1.54) is 24.3 Å². The number of alkyl halides is 6. The second-order valence-corrected chi connectivity index (χ2v) is 7.09. The van der Waals surface area contributed by atoms with Crippen LogP contribution in [-0.4, -0.2) is 29.1 Å². The average molecular weight is 432 g/mol. The summed E-state index contributed by atoms with van der Waals surface area (Å²) in [6, 6.07) is 9.18. The number of amidine groups is 1. The van der Waals surface area contributed by atoms with E-state index in [-0.39, 0.29) is 24.0 Å². The van der Waals surface area contributed by atoms with Gasteiger partial charge in [-0.2, -0.15) is 26.3 Å². The molecule has 0 unspecified atom stereocenters. The van der Waals surface area contributed by atoms with Crippen LogP contribution in [0.25, 0.3) is 0 Å². The minimum Gasteiger partial charge on any atom is -0.286 e. The van der Waals surface area contributed by atoms with Crippen molar-refractivity contribution in [3.8, 4) is 0 Å². The number of rotatable bonds is 3. The molecular weight excluding hydrogens is 418 g/mol. The summed E-state index contributed by atoms with van der Waals surface area (Å²) < 4.78 is 78.1. The highest BCUT2D eigenvalue weighted by molar-refractivity contribution is 8.13. The van der Waals surface area contributed by atoms with Gasteiger partial charge in [-0.15, -0.1) is 0 Å². The zero-order chi connectivity index (χ0) is 21.2. The van der Waals surface area contributed by atoms with Gasteiger partial charge in [0.15, 0.2) is 5.17 Å². The number of nitrogens with zero attached hydrogens (tertiary/aromatic N) is 2. The zero-order valence-electron chi connectivity index (χ0n) is 14.7. The van der Waals surface area contributed by atoms with E-state index in [0.29, 0.717) is 5.56 Å². The second-order valence-electron chi connectivity index (χ2n) is 6.15. The summed E-state index contributed by atoms with van der Waals surface area (Å²) in [6.45, 7) is 0.320. The van der Waals surface area contributed by atoms with Crippen molar-refractivity contribution in [2.45, 2.75) is 18.1 Å². The number of carbonyl (C=O) groups excluding carboxylic acids is 1. The normalized spacial score (nSPS) is 14.8. The van der Waals surface area contributed by atoms with Crippen LogP contribution in [0.3, 0.4) is 0 Å². The molecule has 154 valence electrons. The molecule has 0 saturated carbocycles. The summed E-state index contributed by atoms with van der Waals surface area (Å²) in [4.78, 5) is 18.0. The van der Waals surface area contributed by atoms with Crippen molar-refractivity contribution in [1.82, 2.24) is 4.90 Å². The van der Waals surface area contributed by atoms with Crippen molar-refractivity contribution in [1.29, 1.82) is 0 Å². The summed E-state index contributed by atoms with van der Waals surface area (Å²) in [5.74, 6) is -0.751. The Kier molecular flexibility index (Phi) is 5.92. The molecule has 2 aromatic carbocycles. The van der Waals surface area contributed by atoms with Crippen molar-refractivity contribution < 1.29 is 31.1 Å². The van der Waals surface area contributed by atoms with Crippen LogP contribution in [0.1, 0.15) is 27.0 Å². The quantitative estimate of drug-likeness (QED) is 0.603. The highest BCUT2D eigenvalue weighted by Gasteiger charge is 2.37. The van der Waals surface area contributed by atoms with Crippen LogP contribution in [0.15, 0.2) is 53.5 Å². The fourth-order valence-corrected chi connectivity index (χ4v) is 3.77. The fourth-order valence-electron chi connectivity index (χ4n) is 2.79. The number of carbonyl (C=O) groups is 1. The predicted octanol–water partition coefficient (Wildman–Crippen LogP) is 5.47. The highest BCUT2D eigenvalue weighted by Crippen LogP contribution is 2.34. The van der Waals surface area contributed by atoms with Crippen molar-refractivity contribution in [2.24, 2.45) is 4.99 Å². The Bertz CT molecular complexity index is 939. The maximum Gasteiger partial charge on any atom is 0.417 e. The summed E-state index contributed by atoms with van der Waals surface area (Å²) in [5, 5.41) is 0.185. The number of benzene rings is 2. The summed E-state index contributed by atoms with van der Waals surface area (Å²) in [5.41, 5.74) is -1.97. The lowest BCUT2D eigenvalue weighted by Crippen LogP contribution is -2.34. The molecule has 29 heavy (non-hydrogen) atoms. The molecule has 10 heteroatoms. The largest absolute Gasteiger partial charge is 0.417 e. The number of hydrogen-bond donors (Lipinski definition) is 0. The summed E-state index contributed by atoms with van der Waals surface area (Å²) in [7, 11) is 0. The smallest absolute Gasteiger partial charge is 0.286 e. The van der Waals surface area contributed by atoms with E-state index in [1.54, 1.807) is 0 Å². The van der Waals surface area contributed by atoms with Crippen molar-refractivity contribution >= 4 is 22.8 Å². The van der Waals surface area contributed by atoms with E-state index in [1.807, 2.05) is 0 Å². The fraction of sp³-hybridized carbons (Fsp3) is 0.263. The molecule has 1 heterocycles. The average Bonchev–Trinajstić information content (AvgIpc) is 3.13. The third kappa shape index (κ3) is 4.92. The third-order valence-electron chi connectivity index (χ3n) is 4.13. The van der Waals surface area contributed by atoms with Crippen LogP contribution < -0.4 is 0 Å². The molecule has 3 rings (SSSR count). The second kappa shape index (κ2) is 8.10. The van der Waals surface area contributed by atoms with Gasteiger partial charge in [0, 0.05) is 12.3 Å². The molecule has 1 aliphatic heterocycles. The summed E-state index contributed by atoms with van der Waals surface area (Å²) >= 11 is 1.01. The molecule has 0 N–H and O–H groups in total. The molecule has 0 saturated heterocycles. The number of amides is 1. The van der Waals surface area contributed by atoms with E-state index in [9.17, 15) is 31.1 Å². The minimum atomic E-state index is -4.69. The molecule has 0 aliphatic carbocycles. The SMILES string of the molecule is O=C(c1ccccc1C(F)(F)F)N1CCN=C1SCc1cccc(C(F)(F)F)c1. The molecule has 0 atom stereocenters. The first-order valence-corrected chi connectivity index (χ1v) is 9.37. The number of thioether (sulfide) groups is 1. The van der Waals surface area contributed by atoms with Gasteiger partial charge in [-0.25, -0.2) is 0 Å². The van der Waals surface area contributed by atoms with Crippen molar-refractivity contribution in [3.63, 3.8) is 0 Å². The lowest BCUT2D eigenvalue weighted by Gasteiger charge is -2.20. The topological polar surface area (TPSA) is 32.7 Å². The van der Waals surface area contributed by atoms with Gasteiger partial charge in [-0.05, 0) is 23.8 Å². The summed E-state index contributed by atoms with van der Waals surface area (Å²) in [6.07, 6.45) is -9.16. The Balaban J connectivity index is 1.76. The predicted molar refractivity (Wildman–Crippen MR) is 97.5 cm³/mol. The van der Waals surface area contributed by atoms with Gasteiger partial charge in [0.05, 0.1) is 23.2 Å². The van der Waals surface area contributed by atoms with Crippen LogP contribution in [0.5, 0.6) is 0 Å². The first kappa shape index (κ1) is 21.2. The third-order valence-corrected chi connectivity index (χ3v) is 5.22. The molecule has 0 spiro atoms. The molecule has 1 amide bonds. The lowest BCUT2D eigenvalue weighted by molar-refractivity contribution is -0.138. The molecule has 0 aromatic heterocycles. The number of halogens is 6. The number of aliphatic imine (C=N–C) groups is 1. The molecule has 1 aliphatic rings. The molecule has 3 nitrogen and oxygen atoms in total. The van der Waals surface area contributed by atoms with Gasteiger partial charge in [-0.3, -0.25) is 14.7 Å². The molecule has 0 bridgehead atoms. The first-order valence-electron chi connectivity index (χ1n) is 8.39. The van der Waals surface area contributed by atoms with Crippen molar-refractivity contribution in [3.05, 3.63) is 70.8 Å². The van der Waals surface area contributed by atoms with Crippen molar-refractivity contribution in [2.75, 3.05) is 13.1 Å². The van der Waals surface area contributed by atoms with Gasteiger partial charge < -0.3 is 0 Å². The van der Waals surface area contributed by atoms with Crippen LogP contribution in [-0.2, 0) is 18.1 Å². The van der Waals surface area contributed by atoms with Gasteiger partial charge in [0.1, 0.15) is 0 Å². The standard InChI is InChI=1S/C19H14F6N2OS/c20-18(21,22)13-5-3-4-12(10-13)11-29-17-26-8-9-27(17)16(28)14-6-1-2-7-15(14)19(23,24)25/h1-7,10H,8-9,11H2. The van der Waals surface area contributed by atoms with Gasteiger partial charge in [-0.1, -0.05) is 42.1 Å². The highest BCUT2D eigenvalue weighted by atomic mass is 32.2. The first-order chi connectivity index (χ1) is 13.6. The van der Waals surface area contributed by atoms with E-state index in [2.05, 4.69) is 4.99 Å². The molecule has 2 aromatic rings. The maximum atomic E-state index is 13.2. The van der Waals surface area contributed by atoms with E-state index >= 15 is 0 Å². The van der Waals surface area contributed by atoms with Gasteiger partial charge >= 0.3 is 12.4 Å². The van der Waals surface area contributed by atoms with E-state index < -0.39 is 35.0 Å². The van der Waals surface area contributed by atoms with Gasteiger partial charge in [0.25, 0.3) is 5.91 Å². The van der Waals surface area contributed by atoms with Crippen LogP contribution in [0, 0.1) is 0 Å². The molecular formula is C19H14F6N2OS. The molecule has 0 radical (unpaired) electrons. The Labute approximate surface area is 166 Å². The molecule has 0 fully saturated rings. The Morgan fingerprint density at radius 2 is 1.72 bits per heavy atom. The van der Waals surface area contributed by atoms with E-state index in [4.69, 9.17) is 0 Å². The van der Waals surface area contributed by atoms with Crippen LogP contribution >= 0.6 is 11.8 Å². The Morgan fingerprint density at radius 3 is 2.41 bits per heavy atom. The van der Waals surface area contributed by atoms with Crippen LogP contribution in [0.2, 0.25) is 0 Å². The Hall–Kier alpha value is -2.49. The minimum absolute atomic E-state index is 0.0907. The zero-order valence-corrected chi connectivity index (χ0v) is 15.5.